The van der Waals surface area contributed by atoms with E-state index in [-0.39, 0.29) is 11.9 Å². The first-order valence-electron chi connectivity index (χ1n) is 8.84. The Morgan fingerprint density at radius 2 is 1.89 bits per heavy atom. The maximum atomic E-state index is 13.3. The van der Waals surface area contributed by atoms with E-state index in [0.717, 1.165) is 23.1 Å². The molecule has 4 rings (SSSR count). The van der Waals surface area contributed by atoms with E-state index < -0.39 is 11.7 Å². The van der Waals surface area contributed by atoms with Crippen LogP contribution in [0.3, 0.4) is 0 Å². The summed E-state index contributed by atoms with van der Waals surface area (Å²) in [7, 11) is 1.61. The second kappa shape index (κ2) is 7.24. The quantitative estimate of drug-likeness (QED) is 0.627. The molecule has 2 aromatic carbocycles. The van der Waals surface area contributed by atoms with E-state index >= 15 is 0 Å². The average Bonchev–Trinajstić information content (AvgIpc) is 3.36. The standard InChI is InChI=1S/C21H19F3N2O2/c1-27-17-6-4-5-16(13-17)26-11-12-28-20(26)15-9-10-25(14-15)19-8-3-2-7-18(19)21(22,23)24/h2-10,13-14,20H,11-12H2,1H3/t20-/m1/s1. The zero-order valence-corrected chi connectivity index (χ0v) is 15.2. The Hall–Kier alpha value is -2.93. The molecule has 146 valence electrons. The van der Waals surface area contributed by atoms with Crippen LogP contribution >= 0.6 is 0 Å². The SMILES string of the molecule is COc1cccc(N2CCO[C@@H]2c2ccn(-c3ccccc3C(F)(F)F)c2)c1. The molecular formula is C21H19F3N2O2. The topological polar surface area (TPSA) is 26.6 Å². The van der Waals surface area contributed by atoms with Gasteiger partial charge in [0.05, 0.1) is 25.0 Å². The maximum Gasteiger partial charge on any atom is 0.418 e. The zero-order valence-electron chi connectivity index (χ0n) is 15.2. The van der Waals surface area contributed by atoms with Crippen LogP contribution in [-0.4, -0.2) is 24.8 Å². The summed E-state index contributed by atoms with van der Waals surface area (Å²) >= 11 is 0. The van der Waals surface area contributed by atoms with Crippen molar-refractivity contribution in [2.24, 2.45) is 0 Å². The van der Waals surface area contributed by atoms with E-state index in [1.807, 2.05) is 24.3 Å². The lowest BCUT2D eigenvalue weighted by atomic mass is 10.1. The molecule has 28 heavy (non-hydrogen) atoms. The predicted octanol–water partition coefficient (Wildman–Crippen LogP) is 5.04. The molecule has 1 aromatic heterocycles. The Morgan fingerprint density at radius 1 is 1.07 bits per heavy atom. The van der Waals surface area contributed by atoms with Crippen molar-refractivity contribution >= 4 is 5.69 Å². The van der Waals surface area contributed by atoms with Gasteiger partial charge in [-0.15, -0.1) is 0 Å². The molecule has 1 saturated heterocycles. The van der Waals surface area contributed by atoms with Crippen molar-refractivity contribution < 1.29 is 22.6 Å². The molecule has 0 spiro atoms. The largest absolute Gasteiger partial charge is 0.497 e. The van der Waals surface area contributed by atoms with Gasteiger partial charge in [-0.2, -0.15) is 13.2 Å². The van der Waals surface area contributed by atoms with E-state index in [2.05, 4.69) is 4.90 Å². The molecule has 3 aromatic rings. The van der Waals surface area contributed by atoms with Crippen molar-refractivity contribution in [3.63, 3.8) is 0 Å². The predicted molar refractivity (Wildman–Crippen MR) is 99.8 cm³/mol. The molecule has 1 fully saturated rings. The van der Waals surface area contributed by atoms with Gasteiger partial charge in [-0.1, -0.05) is 18.2 Å². The second-order valence-corrected chi connectivity index (χ2v) is 6.49. The van der Waals surface area contributed by atoms with Crippen LogP contribution in [0.4, 0.5) is 18.9 Å². The van der Waals surface area contributed by atoms with Crippen molar-refractivity contribution in [1.82, 2.24) is 4.57 Å². The lowest BCUT2D eigenvalue weighted by Gasteiger charge is -2.25. The maximum absolute atomic E-state index is 13.3. The molecule has 1 aliphatic heterocycles. The van der Waals surface area contributed by atoms with E-state index in [9.17, 15) is 13.2 Å². The fourth-order valence-corrected chi connectivity index (χ4v) is 3.45. The third-order valence-electron chi connectivity index (χ3n) is 4.76. The lowest BCUT2D eigenvalue weighted by molar-refractivity contribution is -0.137. The Balaban J connectivity index is 1.66. The molecule has 0 bridgehead atoms. The number of alkyl halides is 3. The monoisotopic (exact) mass is 388 g/mol. The van der Waals surface area contributed by atoms with Crippen LogP contribution < -0.4 is 9.64 Å². The molecule has 1 atom stereocenters. The van der Waals surface area contributed by atoms with Crippen molar-refractivity contribution in [2.45, 2.75) is 12.4 Å². The fourth-order valence-electron chi connectivity index (χ4n) is 3.45. The summed E-state index contributed by atoms with van der Waals surface area (Å²) < 4.78 is 52.7. The first-order valence-corrected chi connectivity index (χ1v) is 8.84. The number of para-hydroxylation sites is 1. The van der Waals surface area contributed by atoms with Gasteiger partial charge in [0.2, 0.25) is 0 Å². The van der Waals surface area contributed by atoms with Gasteiger partial charge in [-0.05, 0) is 30.3 Å². The molecule has 1 aliphatic rings. The lowest BCUT2D eigenvalue weighted by Crippen LogP contribution is -2.23. The highest BCUT2D eigenvalue weighted by Gasteiger charge is 2.34. The minimum absolute atomic E-state index is 0.0900. The van der Waals surface area contributed by atoms with Gasteiger partial charge in [0, 0.05) is 36.3 Å². The number of hydrogen-bond donors (Lipinski definition) is 0. The highest BCUT2D eigenvalue weighted by Crippen LogP contribution is 2.36. The van der Waals surface area contributed by atoms with Crippen LogP contribution in [0.25, 0.3) is 5.69 Å². The summed E-state index contributed by atoms with van der Waals surface area (Å²) in [6.07, 6.45) is -1.47. The number of anilines is 1. The Morgan fingerprint density at radius 3 is 2.68 bits per heavy atom. The summed E-state index contributed by atoms with van der Waals surface area (Å²) in [4.78, 5) is 2.07. The van der Waals surface area contributed by atoms with Crippen molar-refractivity contribution in [3.8, 4) is 11.4 Å². The zero-order chi connectivity index (χ0) is 19.7. The minimum atomic E-state index is -4.42. The van der Waals surface area contributed by atoms with Gasteiger partial charge in [0.15, 0.2) is 6.23 Å². The number of ether oxygens (including phenoxy) is 2. The van der Waals surface area contributed by atoms with E-state index in [4.69, 9.17) is 9.47 Å². The molecule has 0 unspecified atom stereocenters. The fraction of sp³-hybridized carbons (Fsp3) is 0.238. The summed E-state index contributed by atoms with van der Waals surface area (Å²) in [6.45, 7) is 1.22. The van der Waals surface area contributed by atoms with E-state index in [0.29, 0.717) is 13.2 Å². The number of benzene rings is 2. The number of hydrogen-bond acceptors (Lipinski definition) is 3. The Kier molecular flexibility index (Phi) is 4.77. The summed E-state index contributed by atoms with van der Waals surface area (Å²) in [5, 5.41) is 0. The highest BCUT2D eigenvalue weighted by atomic mass is 19.4. The summed E-state index contributed by atoms with van der Waals surface area (Å²) in [5.74, 6) is 0.736. The van der Waals surface area contributed by atoms with Gasteiger partial charge in [-0.25, -0.2) is 0 Å². The van der Waals surface area contributed by atoms with Crippen LogP contribution in [0.2, 0.25) is 0 Å². The van der Waals surface area contributed by atoms with Crippen molar-refractivity contribution in [1.29, 1.82) is 0 Å². The van der Waals surface area contributed by atoms with Gasteiger partial charge >= 0.3 is 6.18 Å². The Bertz CT molecular complexity index is 968. The normalized spacial score (nSPS) is 17.1. The Labute approximate surface area is 160 Å². The first kappa shape index (κ1) is 18.4. The summed E-state index contributed by atoms with van der Waals surface area (Å²) in [6, 6.07) is 15.0. The summed E-state index contributed by atoms with van der Waals surface area (Å²) in [5.41, 5.74) is 1.14. The molecule has 0 aliphatic carbocycles. The molecule has 0 amide bonds. The minimum Gasteiger partial charge on any atom is -0.497 e. The first-order chi connectivity index (χ1) is 13.5. The van der Waals surface area contributed by atoms with Crippen molar-refractivity contribution in [2.75, 3.05) is 25.2 Å². The van der Waals surface area contributed by atoms with Gasteiger partial charge < -0.3 is 18.9 Å². The number of nitrogens with zero attached hydrogens (tertiary/aromatic N) is 2. The van der Waals surface area contributed by atoms with Crippen LogP contribution in [0.1, 0.15) is 17.4 Å². The van der Waals surface area contributed by atoms with Crippen LogP contribution in [-0.2, 0) is 10.9 Å². The molecule has 0 saturated carbocycles. The van der Waals surface area contributed by atoms with Crippen LogP contribution in [0, 0.1) is 0 Å². The third-order valence-corrected chi connectivity index (χ3v) is 4.76. The average molecular weight is 388 g/mol. The number of halogens is 3. The third kappa shape index (κ3) is 3.45. The molecule has 4 nitrogen and oxygen atoms in total. The van der Waals surface area contributed by atoms with Crippen LogP contribution in [0.15, 0.2) is 67.0 Å². The van der Waals surface area contributed by atoms with E-state index in [1.54, 1.807) is 31.6 Å². The molecular weight excluding hydrogens is 369 g/mol. The molecule has 0 N–H and O–H groups in total. The number of rotatable bonds is 4. The molecule has 2 heterocycles. The molecule has 7 heteroatoms. The van der Waals surface area contributed by atoms with Crippen LogP contribution in [0.5, 0.6) is 5.75 Å². The van der Waals surface area contributed by atoms with Gasteiger partial charge in [-0.3, -0.25) is 0 Å². The number of methoxy groups -OCH3 is 1. The highest BCUT2D eigenvalue weighted by molar-refractivity contribution is 5.53. The van der Waals surface area contributed by atoms with E-state index in [1.165, 1.54) is 16.7 Å². The van der Waals surface area contributed by atoms with Gasteiger partial charge in [0.1, 0.15) is 5.75 Å². The molecule has 0 radical (unpaired) electrons. The van der Waals surface area contributed by atoms with Gasteiger partial charge in [0.25, 0.3) is 0 Å². The van der Waals surface area contributed by atoms with Crippen molar-refractivity contribution in [3.05, 3.63) is 78.1 Å². The number of aromatic nitrogens is 1. The smallest absolute Gasteiger partial charge is 0.418 e. The second-order valence-electron chi connectivity index (χ2n) is 6.49.